The summed E-state index contributed by atoms with van der Waals surface area (Å²) in [4.78, 5) is 32.4. The Hall–Kier alpha value is -3.09. The van der Waals surface area contributed by atoms with Gasteiger partial charge in [-0.25, -0.2) is 0 Å². The van der Waals surface area contributed by atoms with Gasteiger partial charge >= 0.3 is 0 Å². The summed E-state index contributed by atoms with van der Waals surface area (Å²) in [5, 5.41) is 2.95. The van der Waals surface area contributed by atoms with Crippen LogP contribution in [0.3, 0.4) is 0 Å². The molecule has 7 nitrogen and oxygen atoms in total. The lowest BCUT2D eigenvalue weighted by atomic mass is 10.1. The van der Waals surface area contributed by atoms with Gasteiger partial charge < -0.3 is 19.9 Å². The van der Waals surface area contributed by atoms with E-state index in [1.165, 1.54) is 4.90 Å². The van der Waals surface area contributed by atoms with Gasteiger partial charge in [-0.15, -0.1) is 0 Å². The van der Waals surface area contributed by atoms with Crippen LogP contribution < -0.4 is 15.0 Å². The largest absolute Gasteiger partial charge is 0.489 e. The molecule has 28 heavy (non-hydrogen) atoms. The number of nitrogens with zero attached hydrogens (tertiary/aromatic N) is 3. The van der Waals surface area contributed by atoms with Crippen molar-refractivity contribution in [3.05, 3.63) is 53.9 Å². The zero-order valence-electron chi connectivity index (χ0n) is 16.5. The number of hydrogen-bond donors (Lipinski definition) is 1. The van der Waals surface area contributed by atoms with E-state index < -0.39 is 0 Å². The fraction of sp³-hybridized carbons (Fsp3) is 0.381. The lowest BCUT2D eigenvalue weighted by molar-refractivity contribution is -0.121. The third kappa shape index (κ3) is 4.60. The topological polar surface area (TPSA) is 74.8 Å². The minimum atomic E-state index is -0.0907. The Morgan fingerprint density at radius 3 is 2.82 bits per heavy atom. The first-order chi connectivity index (χ1) is 13.5. The van der Waals surface area contributed by atoms with Gasteiger partial charge in [-0.3, -0.25) is 14.6 Å². The van der Waals surface area contributed by atoms with Crippen molar-refractivity contribution in [2.75, 3.05) is 39.2 Å². The third-order valence-electron chi connectivity index (χ3n) is 4.82. The van der Waals surface area contributed by atoms with Crippen molar-refractivity contribution in [3.63, 3.8) is 0 Å². The zero-order valence-corrected chi connectivity index (χ0v) is 16.5. The quantitative estimate of drug-likeness (QED) is 0.824. The smallest absolute Gasteiger partial charge is 0.253 e. The van der Waals surface area contributed by atoms with Crippen molar-refractivity contribution in [2.45, 2.75) is 18.9 Å². The lowest BCUT2D eigenvalue weighted by Crippen LogP contribution is -2.44. The van der Waals surface area contributed by atoms with Gasteiger partial charge in [0.15, 0.2) is 0 Å². The molecular weight excluding hydrogens is 356 g/mol. The highest BCUT2D eigenvalue weighted by Crippen LogP contribution is 2.34. The molecule has 0 radical (unpaired) electrons. The van der Waals surface area contributed by atoms with E-state index in [9.17, 15) is 9.59 Å². The van der Waals surface area contributed by atoms with Crippen LogP contribution in [0.1, 0.15) is 22.5 Å². The monoisotopic (exact) mass is 382 g/mol. The minimum Gasteiger partial charge on any atom is -0.489 e. The molecule has 7 heteroatoms. The van der Waals surface area contributed by atoms with Crippen molar-refractivity contribution in [2.24, 2.45) is 0 Å². The Morgan fingerprint density at radius 2 is 2.11 bits per heavy atom. The number of carbonyl (C=O) groups excluding carboxylic acids is 2. The van der Waals surface area contributed by atoms with E-state index in [4.69, 9.17) is 4.74 Å². The van der Waals surface area contributed by atoms with Crippen molar-refractivity contribution < 1.29 is 14.3 Å². The van der Waals surface area contributed by atoms with Crippen LogP contribution in [0.25, 0.3) is 0 Å². The third-order valence-corrected chi connectivity index (χ3v) is 4.82. The highest BCUT2D eigenvalue weighted by Gasteiger charge is 2.27. The summed E-state index contributed by atoms with van der Waals surface area (Å²) < 4.78 is 5.82. The highest BCUT2D eigenvalue weighted by molar-refractivity contribution is 5.95. The molecule has 1 aromatic heterocycles. The molecular formula is C21H26N4O3. The first-order valence-corrected chi connectivity index (χ1v) is 9.33. The van der Waals surface area contributed by atoms with E-state index in [0.717, 1.165) is 17.1 Å². The average Bonchev–Trinajstić information content (AvgIpc) is 2.70. The van der Waals surface area contributed by atoms with Crippen LogP contribution in [0.2, 0.25) is 0 Å². The first kappa shape index (κ1) is 19.7. The number of hydrogen-bond acceptors (Lipinski definition) is 5. The first-order valence-electron chi connectivity index (χ1n) is 9.33. The standard InChI is InChI=1S/C21H26N4O3/c1-24(2)21(27)15-7-8-19-18(12-15)25(3)17(14-28-19)13-20(26)23-11-9-16-6-4-5-10-22-16/h4-8,10,12,17H,9,11,13-14H2,1-3H3,(H,23,26). The Labute approximate surface area is 165 Å². The van der Waals surface area contributed by atoms with E-state index in [0.29, 0.717) is 31.6 Å². The molecule has 0 saturated heterocycles. The highest BCUT2D eigenvalue weighted by atomic mass is 16.5. The molecule has 148 valence electrons. The van der Waals surface area contributed by atoms with Crippen molar-refractivity contribution in [3.8, 4) is 5.75 Å². The van der Waals surface area contributed by atoms with Gasteiger partial charge in [0, 0.05) is 51.6 Å². The predicted molar refractivity (Wildman–Crippen MR) is 108 cm³/mol. The fourth-order valence-electron chi connectivity index (χ4n) is 3.16. The van der Waals surface area contributed by atoms with Crippen LogP contribution in [0.4, 0.5) is 5.69 Å². The Balaban J connectivity index is 1.58. The molecule has 2 heterocycles. The number of nitrogens with one attached hydrogen (secondary N) is 1. The van der Waals surface area contributed by atoms with Gasteiger partial charge in [-0.05, 0) is 30.3 Å². The molecule has 0 fully saturated rings. The molecule has 1 unspecified atom stereocenters. The predicted octanol–water partition coefficient (Wildman–Crippen LogP) is 1.73. The lowest BCUT2D eigenvalue weighted by Gasteiger charge is -2.35. The molecule has 0 aliphatic carbocycles. The van der Waals surface area contributed by atoms with Gasteiger partial charge in [0.2, 0.25) is 5.91 Å². The fourth-order valence-corrected chi connectivity index (χ4v) is 3.16. The second-order valence-corrected chi connectivity index (χ2v) is 7.08. The summed E-state index contributed by atoms with van der Waals surface area (Å²) >= 11 is 0. The van der Waals surface area contributed by atoms with Gasteiger partial charge in [-0.1, -0.05) is 6.07 Å². The molecule has 1 aliphatic rings. The van der Waals surface area contributed by atoms with E-state index >= 15 is 0 Å². The van der Waals surface area contributed by atoms with Crippen LogP contribution in [0, 0.1) is 0 Å². The molecule has 1 atom stereocenters. The Bertz CT molecular complexity index is 839. The summed E-state index contributed by atoms with van der Waals surface area (Å²) in [6.45, 7) is 0.976. The number of rotatable bonds is 6. The maximum absolute atomic E-state index is 12.3. The minimum absolute atomic E-state index is 0.0275. The number of anilines is 1. The molecule has 0 bridgehead atoms. The maximum atomic E-state index is 12.3. The summed E-state index contributed by atoms with van der Waals surface area (Å²) in [6, 6.07) is 11.1. The summed E-state index contributed by atoms with van der Waals surface area (Å²) in [6.07, 6.45) is 2.77. The number of ether oxygens (including phenoxy) is 1. The van der Waals surface area contributed by atoms with Gasteiger partial charge in [0.25, 0.3) is 5.91 Å². The molecule has 1 N–H and O–H groups in total. The van der Waals surface area contributed by atoms with Crippen LogP contribution in [0.15, 0.2) is 42.6 Å². The van der Waals surface area contributed by atoms with Gasteiger partial charge in [0.1, 0.15) is 12.4 Å². The number of benzene rings is 1. The number of aromatic nitrogens is 1. The summed E-state index contributed by atoms with van der Waals surface area (Å²) in [5.41, 5.74) is 2.37. The SMILES string of the molecule is CN(C)C(=O)c1ccc2c(c1)N(C)C(CC(=O)NCCc1ccccn1)CO2. The van der Waals surface area contributed by atoms with E-state index in [1.807, 2.05) is 42.3 Å². The van der Waals surface area contributed by atoms with Crippen LogP contribution in [0.5, 0.6) is 5.75 Å². The van der Waals surface area contributed by atoms with Crippen LogP contribution in [-0.4, -0.2) is 62.0 Å². The number of likely N-dealkylation sites (N-methyl/N-ethyl adjacent to an activating group) is 1. The van der Waals surface area contributed by atoms with E-state index in [2.05, 4.69) is 10.3 Å². The van der Waals surface area contributed by atoms with Crippen molar-refractivity contribution in [1.82, 2.24) is 15.2 Å². The van der Waals surface area contributed by atoms with Gasteiger partial charge in [-0.2, -0.15) is 0 Å². The zero-order chi connectivity index (χ0) is 20.1. The van der Waals surface area contributed by atoms with Gasteiger partial charge in [0.05, 0.1) is 18.2 Å². The van der Waals surface area contributed by atoms with E-state index in [1.54, 1.807) is 26.4 Å². The molecule has 0 saturated carbocycles. The number of amides is 2. The Kier molecular flexibility index (Phi) is 6.13. The Morgan fingerprint density at radius 1 is 1.29 bits per heavy atom. The normalized spacial score (nSPS) is 15.4. The molecule has 3 rings (SSSR count). The molecule has 1 aliphatic heterocycles. The molecule has 0 spiro atoms. The molecule has 1 aromatic carbocycles. The second-order valence-electron chi connectivity index (χ2n) is 7.08. The summed E-state index contributed by atoms with van der Waals surface area (Å²) in [7, 11) is 5.37. The average molecular weight is 382 g/mol. The van der Waals surface area contributed by atoms with Crippen LogP contribution >= 0.6 is 0 Å². The summed E-state index contributed by atoms with van der Waals surface area (Å²) in [5.74, 6) is 0.635. The van der Waals surface area contributed by atoms with Crippen LogP contribution in [-0.2, 0) is 11.2 Å². The number of pyridine rings is 1. The molecule has 2 aromatic rings. The van der Waals surface area contributed by atoms with Crippen molar-refractivity contribution >= 4 is 17.5 Å². The second kappa shape index (κ2) is 8.73. The number of fused-ring (bicyclic) bond motifs is 1. The molecule has 2 amide bonds. The number of carbonyl (C=O) groups is 2. The maximum Gasteiger partial charge on any atom is 0.253 e. The van der Waals surface area contributed by atoms with Crippen molar-refractivity contribution in [1.29, 1.82) is 0 Å². The van der Waals surface area contributed by atoms with E-state index in [-0.39, 0.29) is 17.9 Å².